The Morgan fingerprint density at radius 2 is 2.29 bits per heavy atom. The van der Waals surface area contributed by atoms with Gasteiger partial charge in [-0.05, 0) is 12.1 Å². The van der Waals surface area contributed by atoms with Crippen molar-refractivity contribution >= 4 is 18.1 Å². The van der Waals surface area contributed by atoms with Crippen molar-refractivity contribution in [2.24, 2.45) is 0 Å². The number of ether oxygens (including phenoxy) is 1. The van der Waals surface area contributed by atoms with E-state index in [4.69, 9.17) is 4.52 Å². The highest BCUT2D eigenvalue weighted by molar-refractivity contribution is 5.79. The number of esters is 1. The van der Waals surface area contributed by atoms with Crippen LogP contribution in [0, 0.1) is 6.92 Å². The number of carbonyl (C=O) groups is 2. The van der Waals surface area contributed by atoms with E-state index in [0.717, 1.165) is 5.56 Å². The molecule has 0 bridgehead atoms. The van der Waals surface area contributed by atoms with E-state index in [2.05, 4.69) is 14.9 Å². The van der Waals surface area contributed by atoms with Crippen LogP contribution in [0.1, 0.15) is 12.3 Å². The van der Waals surface area contributed by atoms with Gasteiger partial charge in [0.25, 0.3) is 0 Å². The molecule has 1 heterocycles. The summed E-state index contributed by atoms with van der Waals surface area (Å²) in [5, 5.41) is 3.83. The van der Waals surface area contributed by atoms with Crippen molar-refractivity contribution < 1.29 is 18.8 Å². The van der Waals surface area contributed by atoms with Crippen LogP contribution in [-0.4, -0.2) is 36.2 Å². The van der Waals surface area contributed by atoms with Gasteiger partial charge < -0.3 is 14.2 Å². The van der Waals surface area contributed by atoms with Crippen LogP contribution in [0.25, 0.3) is 11.4 Å². The lowest BCUT2D eigenvalue weighted by Crippen LogP contribution is -2.24. The van der Waals surface area contributed by atoms with Crippen molar-refractivity contribution in [3.05, 3.63) is 30.2 Å². The Labute approximate surface area is 121 Å². The first-order chi connectivity index (χ1) is 10.1. The minimum absolute atomic E-state index is 0.126. The zero-order valence-corrected chi connectivity index (χ0v) is 11.8. The van der Waals surface area contributed by atoms with Crippen molar-refractivity contribution in [2.45, 2.75) is 13.3 Å². The molecule has 21 heavy (non-hydrogen) atoms. The second-order valence-corrected chi connectivity index (χ2v) is 4.31. The van der Waals surface area contributed by atoms with Crippen molar-refractivity contribution in [1.29, 1.82) is 0 Å². The fraction of sp³-hybridized carbons (Fsp3) is 0.286. The highest BCUT2D eigenvalue weighted by Crippen LogP contribution is 2.22. The molecule has 0 saturated carbocycles. The van der Waals surface area contributed by atoms with Gasteiger partial charge in [0.1, 0.15) is 0 Å². The number of benzene rings is 1. The van der Waals surface area contributed by atoms with Crippen LogP contribution < -0.4 is 4.90 Å². The van der Waals surface area contributed by atoms with Crippen LogP contribution in [0.2, 0.25) is 0 Å². The van der Waals surface area contributed by atoms with Gasteiger partial charge in [-0.15, -0.1) is 0 Å². The molecular weight excluding hydrogens is 274 g/mol. The maximum atomic E-state index is 11.2. The summed E-state index contributed by atoms with van der Waals surface area (Å²) in [4.78, 5) is 27.9. The number of anilines is 1. The Bertz CT molecular complexity index is 639. The molecule has 0 radical (unpaired) electrons. The fourth-order valence-corrected chi connectivity index (χ4v) is 1.80. The van der Waals surface area contributed by atoms with Crippen molar-refractivity contribution in [3.63, 3.8) is 0 Å². The number of methoxy groups -OCH3 is 1. The molecule has 110 valence electrons. The van der Waals surface area contributed by atoms with Crippen molar-refractivity contribution in [2.75, 3.05) is 18.6 Å². The molecule has 0 aliphatic carbocycles. The van der Waals surface area contributed by atoms with Crippen LogP contribution in [0.5, 0.6) is 0 Å². The Hall–Kier alpha value is -2.70. The first-order valence-corrected chi connectivity index (χ1v) is 6.33. The minimum Gasteiger partial charge on any atom is -0.469 e. The maximum Gasteiger partial charge on any atom is 0.307 e. The van der Waals surface area contributed by atoms with Crippen LogP contribution in [0.3, 0.4) is 0 Å². The number of amides is 1. The van der Waals surface area contributed by atoms with E-state index in [0.29, 0.717) is 23.8 Å². The summed E-state index contributed by atoms with van der Waals surface area (Å²) in [5.41, 5.74) is 1.38. The van der Waals surface area contributed by atoms with E-state index in [1.54, 1.807) is 25.1 Å². The molecule has 2 rings (SSSR count). The molecule has 0 atom stereocenters. The van der Waals surface area contributed by atoms with Gasteiger partial charge in [0.05, 0.1) is 13.5 Å². The molecule has 1 aromatic carbocycles. The lowest BCUT2D eigenvalue weighted by atomic mass is 10.2. The fourth-order valence-electron chi connectivity index (χ4n) is 1.80. The molecule has 0 N–H and O–H groups in total. The minimum atomic E-state index is -0.369. The molecule has 0 aliphatic rings. The third-order valence-corrected chi connectivity index (χ3v) is 2.88. The van der Waals surface area contributed by atoms with E-state index in [9.17, 15) is 9.59 Å². The molecule has 0 saturated heterocycles. The lowest BCUT2D eigenvalue weighted by molar-refractivity contribution is -0.140. The average molecular weight is 289 g/mol. The van der Waals surface area contributed by atoms with Gasteiger partial charge in [0, 0.05) is 24.7 Å². The number of nitrogens with zero attached hydrogens (tertiary/aromatic N) is 3. The first-order valence-electron chi connectivity index (χ1n) is 6.33. The molecule has 0 unspecified atom stereocenters. The summed E-state index contributed by atoms with van der Waals surface area (Å²) in [5.74, 6) is 0.549. The van der Waals surface area contributed by atoms with Gasteiger partial charge in [0.2, 0.25) is 18.1 Å². The molecule has 7 nitrogen and oxygen atoms in total. The van der Waals surface area contributed by atoms with E-state index in [-0.39, 0.29) is 18.9 Å². The predicted molar refractivity (Wildman–Crippen MR) is 74.5 cm³/mol. The molecule has 0 spiro atoms. The highest BCUT2D eigenvalue weighted by Gasteiger charge is 2.11. The second kappa shape index (κ2) is 6.65. The molecular formula is C14H15N3O4. The van der Waals surface area contributed by atoms with Crippen LogP contribution >= 0.6 is 0 Å². The SMILES string of the molecule is COC(=O)CCN(C=O)c1cccc(-c2noc(C)n2)c1. The normalized spacial score (nSPS) is 10.2. The number of aryl methyl sites for hydroxylation is 1. The van der Waals surface area contributed by atoms with Gasteiger partial charge >= 0.3 is 5.97 Å². The summed E-state index contributed by atoms with van der Waals surface area (Å²) < 4.78 is 9.50. The van der Waals surface area contributed by atoms with Gasteiger partial charge in [-0.25, -0.2) is 0 Å². The number of aromatic nitrogens is 2. The molecule has 0 fully saturated rings. The Balaban J connectivity index is 2.18. The van der Waals surface area contributed by atoms with Gasteiger partial charge in [-0.1, -0.05) is 17.3 Å². The number of hydrogen-bond donors (Lipinski definition) is 0. The number of hydrogen-bond acceptors (Lipinski definition) is 6. The van der Waals surface area contributed by atoms with Crippen molar-refractivity contribution in [1.82, 2.24) is 10.1 Å². The van der Waals surface area contributed by atoms with Gasteiger partial charge in [-0.2, -0.15) is 4.98 Å². The second-order valence-electron chi connectivity index (χ2n) is 4.31. The molecule has 1 aromatic heterocycles. The van der Waals surface area contributed by atoms with E-state index in [1.165, 1.54) is 12.0 Å². The molecule has 0 aliphatic heterocycles. The zero-order valence-electron chi connectivity index (χ0n) is 11.8. The van der Waals surface area contributed by atoms with Gasteiger partial charge in [-0.3, -0.25) is 9.59 Å². The third-order valence-electron chi connectivity index (χ3n) is 2.88. The summed E-state index contributed by atoms with van der Waals surface area (Å²) in [6.45, 7) is 1.94. The standard InChI is InChI=1S/C14H15N3O4/c1-10-15-14(16-21-10)11-4-3-5-12(8-11)17(9-18)7-6-13(19)20-2/h3-5,8-9H,6-7H2,1-2H3. The summed E-state index contributed by atoms with van der Waals surface area (Å²) in [6.07, 6.45) is 0.796. The third kappa shape index (κ3) is 3.65. The Kier molecular flexibility index (Phi) is 4.65. The van der Waals surface area contributed by atoms with E-state index in [1.807, 2.05) is 6.07 Å². The number of carbonyl (C=O) groups excluding carboxylic acids is 2. The zero-order chi connectivity index (χ0) is 15.2. The van der Waals surface area contributed by atoms with Crippen molar-refractivity contribution in [3.8, 4) is 11.4 Å². The Morgan fingerprint density at radius 1 is 1.48 bits per heavy atom. The molecule has 7 heteroatoms. The van der Waals surface area contributed by atoms with Crippen LogP contribution in [0.15, 0.2) is 28.8 Å². The predicted octanol–water partition coefficient (Wildman–Crippen LogP) is 1.57. The van der Waals surface area contributed by atoms with Gasteiger partial charge in [0.15, 0.2) is 0 Å². The summed E-state index contributed by atoms with van der Waals surface area (Å²) in [6, 6.07) is 7.13. The summed E-state index contributed by atoms with van der Waals surface area (Å²) >= 11 is 0. The largest absolute Gasteiger partial charge is 0.469 e. The van der Waals surface area contributed by atoms with E-state index >= 15 is 0 Å². The molecule has 1 amide bonds. The summed E-state index contributed by atoms with van der Waals surface area (Å²) in [7, 11) is 1.31. The monoisotopic (exact) mass is 289 g/mol. The maximum absolute atomic E-state index is 11.2. The average Bonchev–Trinajstić information content (AvgIpc) is 2.94. The smallest absolute Gasteiger partial charge is 0.307 e. The molecule has 2 aromatic rings. The van der Waals surface area contributed by atoms with E-state index < -0.39 is 0 Å². The first kappa shape index (κ1) is 14.7. The lowest BCUT2D eigenvalue weighted by Gasteiger charge is -2.17. The highest BCUT2D eigenvalue weighted by atomic mass is 16.5. The quantitative estimate of drug-likeness (QED) is 0.592. The number of rotatable bonds is 6. The Morgan fingerprint density at radius 3 is 2.90 bits per heavy atom. The van der Waals surface area contributed by atoms with Crippen LogP contribution in [0.4, 0.5) is 5.69 Å². The topological polar surface area (TPSA) is 85.5 Å². The van der Waals surface area contributed by atoms with Crippen LogP contribution in [-0.2, 0) is 14.3 Å².